The lowest BCUT2D eigenvalue weighted by Gasteiger charge is -2.52. The van der Waals surface area contributed by atoms with Gasteiger partial charge in [0.15, 0.2) is 0 Å². The zero-order valence-electron chi connectivity index (χ0n) is 21.4. The second-order valence-corrected chi connectivity index (χ2v) is 11.0. The van der Waals surface area contributed by atoms with E-state index in [9.17, 15) is 9.59 Å². The molecule has 35 heavy (non-hydrogen) atoms. The maximum absolute atomic E-state index is 13.0. The molecule has 2 saturated heterocycles. The van der Waals surface area contributed by atoms with Gasteiger partial charge in [-0.25, -0.2) is 4.79 Å². The van der Waals surface area contributed by atoms with Crippen molar-refractivity contribution in [1.29, 1.82) is 0 Å². The fourth-order valence-electron chi connectivity index (χ4n) is 6.69. The van der Waals surface area contributed by atoms with E-state index in [0.29, 0.717) is 31.6 Å². The summed E-state index contributed by atoms with van der Waals surface area (Å²) in [5.74, 6) is 2.77. The molecule has 5 nitrogen and oxygen atoms in total. The molecule has 2 aliphatic heterocycles. The second kappa shape index (κ2) is 10.2. The highest BCUT2D eigenvalue weighted by atomic mass is 16.6. The molecule has 188 valence electrons. The summed E-state index contributed by atoms with van der Waals surface area (Å²) in [6, 6.07) is 9.71. The standard InChI is InChI=1S/C30H38O5/c1-6-7-9-14-25(31)33-24-19-30(20(2)3)28(27-21(4)15-17-23(27)29(24,5)35-30)34-26(32)18-16-22-12-10-8-11-13-22/h1,8,10-13,16,18,20-21,23-24,27-28H,7,9,14-15,17,19H2,2-5H3/b18-16+/t21-,23-,24-,27-,28+,29+,30-/m1/s1. The summed E-state index contributed by atoms with van der Waals surface area (Å²) in [6.45, 7) is 8.56. The van der Waals surface area contributed by atoms with Crippen LogP contribution in [0.25, 0.3) is 6.08 Å². The molecule has 0 unspecified atom stereocenters. The van der Waals surface area contributed by atoms with Crippen molar-refractivity contribution >= 4 is 18.0 Å². The van der Waals surface area contributed by atoms with E-state index < -0.39 is 17.3 Å². The molecule has 5 heteroatoms. The normalized spacial score (nSPS) is 35.6. The van der Waals surface area contributed by atoms with Crippen LogP contribution in [0.4, 0.5) is 0 Å². The van der Waals surface area contributed by atoms with E-state index in [4.69, 9.17) is 20.6 Å². The van der Waals surface area contributed by atoms with Gasteiger partial charge in [-0.05, 0) is 55.6 Å². The summed E-state index contributed by atoms with van der Waals surface area (Å²) in [5.41, 5.74) is -0.348. The molecule has 0 radical (unpaired) electrons. The highest BCUT2D eigenvalue weighted by molar-refractivity contribution is 5.87. The van der Waals surface area contributed by atoms with Crippen molar-refractivity contribution < 1.29 is 23.8 Å². The van der Waals surface area contributed by atoms with Gasteiger partial charge < -0.3 is 14.2 Å². The van der Waals surface area contributed by atoms with Crippen LogP contribution in [0.5, 0.6) is 0 Å². The van der Waals surface area contributed by atoms with Crippen LogP contribution < -0.4 is 0 Å². The summed E-state index contributed by atoms with van der Waals surface area (Å²) in [6.07, 6.45) is 11.9. The Bertz CT molecular complexity index is 992. The average molecular weight is 479 g/mol. The molecular formula is C30H38O5. The van der Waals surface area contributed by atoms with Gasteiger partial charge in [-0.1, -0.05) is 51.1 Å². The van der Waals surface area contributed by atoms with Crippen molar-refractivity contribution in [2.45, 2.75) is 89.6 Å². The van der Waals surface area contributed by atoms with Crippen molar-refractivity contribution in [2.24, 2.45) is 23.7 Å². The van der Waals surface area contributed by atoms with Crippen LogP contribution in [0.2, 0.25) is 0 Å². The number of benzene rings is 1. The smallest absolute Gasteiger partial charge is 0.331 e. The van der Waals surface area contributed by atoms with Crippen LogP contribution >= 0.6 is 0 Å². The van der Waals surface area contributed by atoms with Gasteiger partial charge in [-0.2, -0.15) is 0 Å². The van der Waals surface area contributed by atoms with Crippen molar-refractivity contribution in [3.8, 4) is 12.3 Å². The first kappa shape index (κ1) is 25.5. The molecule has 3 fully saturated rings. The SMILES string of the molecule is C#CCCCC(=O)O[C@@H]1C[C@]2(C(C)C)O[C@@]1(C)[C@@H]1CC[C@@H](C)[C@H]1[C@@H]2OC(=O)/C=C/c1ccccc1. The first-order valence-electron chi connectivity index (χ1n) is 13.0. The Morgan fingerprint density at radius 2 is 1.97 bits per heavy atom. The van der Waals surface area contributed by atoms with E-state index in [2.05, 4.69) is 33.6 Å². The average Bonchev–Trinajstić information content (AvgIpc) is 3.34. The zero-order chi connectivity index (χ0) is 25.2. The third-order valence-corrected chi connectivity index (χ3v) is 8.58. The number of hydrogen-bond acceptors (Lipinski definition) is 5. The topological polar surface area (TPSA) is 61.8 Å². The Kier molecular flexibility index (Phi) is 7.43. The van der Waals surface area contributed by atoms with E-state index in [-0.39, 0.29) is 35.8 Å². The number of esters is 2. The largest absolute Gasteiger partial charge is 0.459 e. The van der Waals surface area contributed by atoms with Gasteiger partial charge >= 0.3 is 11.9 Å². The molecular weight excluding hydrogens is 440 g/mol. The molecule has 0 N–H and O–H groups in total. The van der Waals surface area contributed by atoms with Crippen LogP contribution in [-0.4, -0.2) is 35.3 Å². The molecule has 0 spiro atoms. The molecule has 7 atom stereocenters. The van der Waals surface area contributed by atoms with E-state index in [0.717, 1.165) is 18.4 Å². The Labute approximate surface area is 209 Å². The highest BCUT2D eigenvalue weighted by Gasteiger charge is 2.72. The molecule has 1 aromatic carbocycles. The van der Waals surface area contributed by atoms with E-state index in [1.807, 2.05) is 30.3 Å². The molecule has 1 aromatic rings. The van der Waals surface area contributed by atoms with Gasteiger partial charge in [0, 0.05) is 31.3 Å². The van der Waals surface area contributed by atoms with Crippen LogP contribution in [-0.2, 0) is 23.8 Å². The Hall–Kier alpha value is -2.58. The number of hydrogen-bond donors (Lipinski definition) is 0. The monoisotopic (exact) mass is 478 g/mol. The molecule has 2 heterocycles. The summed E-state index contributed by atoms with van der Waals surface area (Å²) in [7, 11) is 0. The number of rotatable bonds is 8. The van der Waals surface area contributed by atoms with Crippen LogP contribution in [0.3, 0.4) is 0 Å². The minimum atomic E-state index is -0.700. The van der Waals surface area contributed by atoms with Crippen LogP contribution in [0, 0.1) is 36.0 Å². The maximum atomic E-state index is 13.0. The molecule has 1 aliphatic carbocycles. The number of ether oxygens (including phenoxy) is 3. The summed E-state index contributed by atoms with van der Waals surface area (Å²) >= 11 is 0. The lowest BCUT2D eigenvalue weighted by molar-refractivity contribution is -0.264. The van der Waals surface area contributed by atoms with Gasteiger partial charge in [0.05, 0.1) is 0 Å². The summed E-state index contributed by atoms with van der Waals surface area (Å²) in [5, 5.41) is 0. The molecule has 1 saturated carbocycles. The van der Waals surface area contributed by atoms with Crippen molar-refractivity contribution in [1.82, 2.24) is 0 Å². The van der Waals surface area contributed by atoms with E-state index in [1.54, 1.807) is 6.08 Å². The van der Waals surface area contributed by atoms with Crippen LogP contribution in [0.1, 0.15) is 71.8 Å². The van der Waals surface area contributed by atoms with Gasteiger partial charge in [0.2, 0.25) is 0 Å². The molecule has 3 aliphatic rings. The number of carbonyl (C=O) groups is 2. The first-order valence-corrected chi connectivity index (χ1v) is 13.0. The van der Waals surface area contributed by atoms with Crippen LogP contribution in [0.15, 0.2) is 36.4 Å². The fourth-order valence-corrected chi connectivity index (χ4v) is 6.69. The van der Waals surface area contributed by atoms with Crippen molar-refractivity contribution in [2.75, 3.05) is 0 Å². The minimum absolute atomic E-state index is 0.0802. The fraction of sp³-hybridized carbons (Fsp3) is 0.600. The molecule has 0 amide bonds. The zero-order valence-corrected chi connectivity index (χ0v) is 21.4. The van der Waals surface area contributed by atoms with Gasteiger partial charge in [0.1, 0.15) is 23.4 Å². The van der Waals surface area contributed by atoms with Gasteiger partial charge in [0.25, 0.3) is 0 Å². The predicted octanol–water partition coefficient (Wildman–Crippen LogP) is 5.58. The summed E-state index contributed by atoms with van der Waals surface area (Å²) in [4.78, 5) is 25.7. The third kappa shape index (κ3) is 4.78. The lowest BCUT2D eigenvalue weighted by atomic mass is 9.69. The predicted molar refractivity (Wildman–Crippen MR) is 135 cm³/mol. The van der Waals surface area contributed by atoms with Gasteiger partial charge in [-0.15, -0.1) is 12.3 Å². The number of carbonyl (C=O) groups excluding carboxylic acids is 2. The van der Waals surface area contributed by atoms with Crippen molar-refractivity contribution in [3.63, 3.8) is 0 Å². The summed E-state index contributed by atoms with van der Waals surface area (Å²) < 4.78 is 19.2. The number of unbranched alkanes of at least 4 members (excludes halogenated alkanes) is 1. The molecule has 4 rings (SSSR count). The highest BCUT2D eigenvalue weighted by Crippen LogP contribution is 2.63. The third-order valence-electron chi connectivity index (χ3n) is 8.58. The quantitative estimate of drug-likeness (QED) is 0.211. The second-order valence-electron chi connectivity index (χ2n) is 11.0. The number of terminal acetylenes is 1. The Morgan fingerprint density at radius 1 is 1.23 bits per heavy atom. The van der Waals surface area contributed by atoms with E-state index in [1.165, 1.54) is 6.08 Å². The maximum Gasteiger partial charge on any atom is 0.331 e. The Balaban J connectivity index is 1.60. The molecule has 2 bridgehead atoms. The van der Waals surface area contributed by atoms with Gasteiger partial charge in [-0.3, -0.25) is 4.79 Å². The molecule has 0 aromatic heterocycles. The van der Waals surface area contributed by atoms with E-state index >= 15 is 0 Å². The lowest BCUT2D eigenvalue weighted by Crippen LogP contribution is -2.62. The first-order chi connectivity index (χ1) is 16.7. The number of fused-ring (bicyclic) bond motifs is 4. The minimum Gasteiger partial charge on any atom is -0.459 e. The Morgan fingerprint density at radius 3 is 2.66 bits per heavy atom. The van der Waals surface area contributed by atoms with Crippen molar-refractivity contribution in [3.05, 3.63) is 42.0 Å².